The van der Waals surface area contributed by atoms with E-state index in [1.807, 2.05) is 4.90 Å². The Bertz CT molecular complexity index is 455. The molecular weight excluding hydrogens is 308 g/mol. The number of hydrogen-bond donors (Lipinski definition) is 1. The van der Waals surface area contributed by atoms with Crippen molar-refractivity contribution in [3.05, 3.63) is 22.4 Å². The molecule has 6 heteroatoms. The maximum absolute atomic E-state index is 12.7. The molecule has 1 unspecified atom stereocenters. The van der Waals surface area contributed by atoms with Gasteiger partial charge >= 0.3 is 0 Å². The van der Waals surface area contributed by atoms with Crippen LogP contribution in [0.15, 0.2) is 16.8 Å². The van der Waals surface area contributed by atoms with Gasteiger partial charge in [0.15, 0.2) is 0 Å². The molecule has 3 atom stereocenters. The first-order chi connectivity index (χ1) is 9.74. The lowest BCUT2D eigenvalue weighted by Gasteiger charge is -2.37. The number of ether oxygens (including phenoxy) is 1. The van der Waals surface area contributed by atoms with Crippen LogP contribution in [0.3, 0.4) is 0 Å². The zero-order valence-corrected chi connectivity index (χ0v) is 13.9. The Kier molecular flexibility index (Phi) is 6.05. The SMILES string of the molecule is C[C@H]1C[C@@H](C(=O)N2CCOC(c3ccsc3)C2)CCN1.Cl. The molecule has 2 aliphatic rings. The molecule has 0 aliphatic carbocycles. The third-order valence-electron chi connectivity index (χ3n) is 4.27. The second-order valence-corrected chi connectivity index (χ2v) is 6.56. The zero-order valence-electron chi connectivity index (χ0n) is 12.3. The van der Waals surface area contributed by atoms with Crippen LogP contribution < -0.4 is 5.32 Å². The van der Waals surface area contributed by atoms with Crippen molar-refractivity contribution in [2.75, 3.05) is 26.2 Å². The maximum Gasteiger partial charge on any atom is 0.225 e. The minimum absolute atomic E-state index is 0. The minimum Gasteiger partial charge on any atom is -0.370 e. The molecule has 0 saturated carbocycles. The lowest BCUT2D eigenvalue weighted by atomic mass is 9.91. The maximum atomic E-state index is 12.7. The number of carbonyl (C=O) groups is 1. The first kappa shape index (κ1) is 16.7. The quantitative estimate of drug-likeness (QED) is 0.905. The molecule has 0 aromatic carbocycles. The topological polar surface area (TPSA) is 41.6 Å². The van der Waals surface area contributed by atoms with Crippen molar-refractivity contribution >= 4 is 29.7 Å². The van der Waals surface area contributed by atoms with Gasteiger partial charge in [-0.2, -0.15) is 11.3 Å². The second kappa shape index (κ2) is 7.58. The number of hydrogen-bond acceptors (Lipinski definition) is 4. The van der Waals surface area contributed by atoms with Gasteiger partial charge in [0.2, 0.25) is 5.91 Å². The number of carbonyl (C=O) groups excluding carboxylic acids is 1. The van der Waals surface area contributed by atoms with Crippen molar-refractivity contribution in [1.29, 1.82) is 0 Å². The van der Waals surface area contributed by atoms with E-state index in [0.29, 0.717) is 25.1 Å². The van der Waals surface area contributed by atoms with Crippen LogP contribution in [-0.2, 0) is 9.53 Å². The van der Waals surface area contributed by atoms with Gasteiger partial charge in [0.25, 0.3) is 0 Å². The molecule has 3 heterocycles. The summed E-state index contributed by atoms with van der Waals surface area (Å²) in [4.78, 5) is 14.7. The Hall–Kier alpha value is -0.620. The Morgan fingerprint density at radius 1 is 1.52 bits per heavy atom. The molecule has 1 aromatic heterocycles. The van der Waals surface area contributed by atoms with Crippen LogP contribution in [0.1, 0.15) is 31.4 Å². The molecule has 0 bridgehead atoms. The molecule has 2 aliphatic heterocycles. The molecule has 3 rings (SSSR count). The lowest BCUT2D eigenvalue weighted by molar-refractivity contribution is -0.144. The molecule has 118 valence electrons. The number of rotatable bonds is 2. The smallest absolute Gasteiger partial charge is 0.225 e. The highest BCUT2D eigenvalue weighted by molar-refractivity contribution is 7.07. The van der Waals surface area contributed by atoms with E-state index in [1.54, 1.807) is 11.3 Å². The summed E-state index contributed by atoms with van der Waals surface area (Å²) in [6, 6.07) is 2.54. The molecule has 2 fully saturated rings. The van der Waals surface area contributed by atoms with E-state index < -0.39 is 0 Å². The average molecular weight is 331 g/mol. The summed E-state index contributed by atoms with van der Waals surface area (Å²) < 4.78 is 5.81. The number of amides is 1. The summed E-state index contributed by atoms with van der Waals surface area (Å²) in [5.41, 5.74) is 1.20. The van der Waals surface area contributed by atoms with E-state index in [1.165, 1.54) is 5.56 Å². The van der Waals surface area contributed by atoms with E-state index >= 15 is 0 Å². The van der Waals surface area contributed by atoms with Crippen LogP contribution in [0.5, 0.6) is 0 Å². The van der Waals surface area contributed by atoms with Gasteiger partial charge in [-0.1, -0.05) is 0 Å². The number of halogens is 1. The van der Waals surface area contributed by atoms with Gasteiger partial charge in [-0.3, -0.25) is 4.79 Å². The number of nitrogens with one attached hydrogen (secondary N) is 1. The van der Waals surface area contributed by atoms with E-state index in [4.69, 9.17) is 4.74 Å². The Labute approximate surface area is 136 Å². The minimum atomic E-state index is 0. The number of morpholine rings is 1. The molecule has 0 spiro atoms. The summed E-state index contributed by atoms with van der Waals surface area (Å²) in [5.74, 6) is 0.509. The summed E-state index contributed by atoms with van der Waals surface area (Å²) in [5, 5.41) is 7.59. The highest BCUT2D eigenvalue weighted by Crippen LogP contribution is 2.26. The van der Waals surface area contributed by atoms with E-state index in [2.05, 4.69) is 29.1 Å². The molecule has 1 amide bonds. The van der Waals surface area contributed by atoms with Crippen molar-refractivity contribution in [3.63, 3.8) is 0 Å². The van der Waals surface area contributed by atoms with Gasteiger partial charge in [0, 0.05) is 18.5 Å². The fraction of sp³-hybridized carbons (Fsp3) is 0.667. The summed E-state index contributed by atoms with van der Waals surface area (Å²) in [6.07, 6.45) is 1.97. The van der Waals surface area contributed by atoms with Crippen LogP contribution in [0, 0.1) is 5.92 Å². The molecule has 21 heavy (non-hydrogen) atoms. The average Bonchev–Trinajstić information content (AvgIpc) is 3.01. The van der Waals surface area contributed by atoms with Gasteiger partial charge < -0.3 is 15.0 Å². The van der Waals surface area contributed by atoms with Crippen molar-refractivity contribution in [1.82, 2.24) is 10.2 Å². The van der Waals surface area contributed by atoms with E-state index in [-0.39, 0.29) is 24.4 Å². The highest BCUT2D eigenvalue weighted by Gasteiger charge is 2.32. The van der Waals surface area contributed by atoms with Gasteiger partial charge in [-0.15, -0.1) is 12.4 Å². The van der Waals surface area contributed by atoms with Crippen molar-refractivity contribution in [2.45, 2.75) is 31.9 Å². The van der Waals surface area contributed by atoms with Gasteiger partial charge in [0.05, 0.1) is 13.2 Å². The summed E-state index contributed by atoms with van der Waals surface area (Å²) in [6.45, 7) is 5.20. The monoisotopic (exact) mass is 330 g/mol. The second-order valence-electron chi connectivity index (χ2n) is 5.78. The third-order valence-corrected chi connectivity index (χ3v) is 4.97. The molecule has 1 aromatic rings. The van der Waals surface area contributed by atoms with Crippen LogP contribution >= 0.6 is 23.7 Å². The normalized spacial score (nSPS) is 29.8. The third kappa shape index (κ3) is 3.97. The standard InChI is InChI=1S/C15H22N2O2S.ClH/c1-11-8-12(2-4-16-11)15(18)17-5-6-19-14(9-17)13-3-7-20-10-13;/h3,7,10-12,14,16H,2,4-6,8-9H2,1H3;1H/t11-,12-,14?;/m0./s1. The Balaban J connectivity index is 0.00000161. The predicted molar refractivity (Wildman–Crippen MR) is 87.0 cm³/mol. The van der Waals surface area contributed by atoms with Crippen molar-refractivity contribution in [3.8, 4) is 0 Å². The first-order valence-corrected chi connectivity index (χ1v) is 8.34. The highest BCUT2D eigenvalue weighted by atomic mass is 35.5. The van der Waals surface area contributed by atoms with Crippen LogP contribution in [0.2, 0.25) is 0 Å². The van der Waals surface area contributed by atoms with Gasteiger partial charge in [-0.05, 0) is 48.7 Å². The Morgan fingerprint density at radius 2 is 2.38 bits per heavy atom. The first-order valence-electron chi connectivity index (χ1n) is 7.40. The number of thiophene rings is 1. The van der Waals surface area contributed by atoms with Crippen LogP contribution in [0.4, 0.5) is 0 Å². The number of piperidine rings is 1. The Morgan fingerprint density at radius 3 is 3.10 bits per heavy atom. The van der Waals surface area contributed by atoms with E-state index in [9.17, 15) is 4.79 Å². The number of nitrogens with zero attached hydrogens (tertiary/aromatic N) is 1. The van der Waals surface area contributed by atoms with Gasteiger partial charge in [-0.25, -0.2) is 0 Å². The molecule has 2 saturated heterocycles. The zero-order chi connectivity index (χ0) is 13.9. The molecule has 0 radical (unpaired) electrons. The largest absolute Gasteiger partial charge is 0.370 e. The van der Waals surface area contributed by atoms with Crippen LogP contribution in [-0.4, -0.2) is 43.1 Å². The van der Waals surface area contributed by atoms with E-state index in [0.717, 1.165) is 25.9 Å². The fourth-order valence-electron chi connectivity index (χ4n) is 3.12. The van der Waals surface area contributed by atoms with Crippen molar-refractivity contribution in [2.24, 2.45) is 5.92 Å². The summed E-state index contributed by atoms with van der Waals surface area (Å²) in [7, 11) is 0. The van der Waals surface area contributed by atoms with Crippen molar-refractivity contribution < 1.29 is 9.53 Å². The van der Waals surface area contributed by atoms with Gasteiger partial charge in [0.1, 0.15) is 6.10 Å². The summed E-state index contributed by atoms with van der Waals surface area (Å²) >= 11 is 1.68. The predicted octanol–water partition coefficient (Wildman–Crippen LogP) is 2.46. The molecular formula is C15H23ClN2O2S. The lowest BCUT2D eigenvalue weighted by Crippen LogP contribution is -2.48. The molecule has 4 nitrogen and oxygen atoms in total. The fourth-order valence-corrected chi connectivity index (χ4v) is 3.83. The molecule has 1 N–H and O–H groups in total. The van der Waals surface area contributed by atoms with Crippen LogP contribution in [0.25, 0.3) is 0 Å².